The van der Waals surface area contributed by atoms with Gasteiger partial charge in [-0.2, -0.15) is 0 Å². The molecular formula is C22H28N4O4. The van der Waals surface area contributed by atoms with E-state index in [9.17, 15) is 14.4 Å². The zero-order valence-corrected chi connectivity index (χ0v) is 17.3. The number of rotatable bonds is 7. The summed E-state index contributed by atoms with van der Waals surface area (Å²) in [7, 11) is 0. The molecule has 0 aromatic heterocycles. The van der Waals surface area contributed by atoms with E-state index in [1.165, 1.54) is 4.90 Å². The lowest BCUT2D eigenvalue weighted by Crippen LogP contribution is -2.46. The van der Waals surface area contributed by atoms with Crippen LogP contribution in [-0.2, 0) is 20.7 Å². The van der Waals surface area contributed by atoms with Gasteiger partial charge in [-0.1, -0.05) is 12.0 Å². The van der Waals surface area contributed by atoms with Crippen molar-refractivity contribution < 1.29 is 19.1 Å². The zero-order chi connectivity index (χ0) is 21.5. The van der Waals surface area contributed by atoms with Crippen molar-refractivity contribution in [2.75, 3.05) is 57.3 Å². The van der Waals surface area contributed by atoms with Gasteiger partial charge in [-0.25, -0.2) is 0 Å². The lowest BCUT2D eigenvalue weighted by molar-refractivity contribution is -0.145. The van der Waals surface area contributed by atoms with Crippen molar-refractivity contribution in [1.29, 1.82) is 0 Å². The number of hydrogen-bond donors (Lipinski definition) is 2. The SMILES string of the molecule is C#C[C@H](CNC(=O)CN1CCc2ccc(N3CCNCC3)cc2C1=O)C(=O)OCC. The molecule has 2 aliphatic heterocycles. The summed E-state index contributed by atoms with van der Waals surface area (Å²) in [5.41, 5.74) is 2.68. The number of carbonyl (C=O) groups excluding carboxylic acids is 3. The highest BCUT2D eigenvalue weighted by Gasteiger charge is 2.27. The molecule has 8 heteroatoms. The van der Waals surface area contributed by atoms with Crippen LogP contribution in [0.3, 0.4) is 0 Å². The van der Waals surface area contributed by atoms with E-state index >= 15 is 0 Å². The Morgan fingerprint density at radius 3 is 2.77 bits per heavy atom. The average Bonchev–Trinajstić information content (AvgIpc) is 2.77. The van der Waals surface area contributed by atoms with Crippen LogP contribution in [0, 0.1) is 18.3 Å². The number of amides is 2. The van der Waals surface area contributed by atoms with Crippen LogP contribution in [0.1, 0.15) is 22.8 Å². The van der Waals surface area contributed by atoms with E-state index in [2.05, 4.69) is 27.5 Å². The first kappa shape index (κ1) is 21.7. The minimum atomic E-state index is -0.840. The Bertz CT molecular complexity index is 842. The molecule has 1 atom stereocenters. The lowest BCUT2D eigenvalue weighted by atomic mass is 9.97. The molecule has 0 unspecified atom stereocenters. The fraction of sp³-hybridized carbons (Fsp3) is 0.500. The smallest absolute Gasteiger partial charge is 0.322 e. The van der Waals surface area contributed by atoms with Crippen LogP contribution in [0.25, 0.3) is 0 Å². The van der Waals surface area contributed by atoms with Crippen molar-refractivity contribution in [3.8, 4) is 12.3 Å². The topological polar surface area (TPSA) is 91.0 Å². The Labute approximate surface area is 176 Å². The molecule has 1 fully saturated rings. The molecule has 0 aliphatic carbocycles. The van der Waals surface area contributed by atoms with Crippen molar-refractivity contribution >= 4 is 23.5 Å². The summed E-state index contributed by atoms with van der Waals surface area (Å²) in [5, 5.41) is 5.96. The monoisotopic (exact) mass is 412 g/mol. The molecule has 2 N–H and O–H groups in total. The van der Waals surface area contributed by atoms with Gasteiger partial charge in [0.1, 0.15) is 5.92 Å². The van der Waals surface area contributed by atoms with E-state index in [1.807, 2.05) is 12.1 Å². The van der Waals surface area contributed by atoms with E-state index in [4.69, 9.17) is 11.2 Å². The molecule has 1 aromatic rings. The normalized spacial score (nSPS) is 17.0. The second-order valence-electron chi connectivity index (χ2n) is 7.33. The number of carbonyl (C=O) groups is 3. The van der Waals surface area contributed by atoms with E-state index in [1.54, 1.807) is 6.92 Å². The molecule has 2 amide bonds. The second kappa shape index (κ2) is 10.1. The highest BCUT2D eigenvalue weighted by Crippen LogP contribution is 2.25. The molecule has 1 aromatic carbocycles. The quantitative estimate of drug-likeness (QED) is 0.485. The number of ether oxygens (including phenoxy) is 1. The van der Waals surface area contributed by atoms with Gasteiger partial charge in [-0.3, -0.25) is 14.4 Å². The Balaban J connectivity index is 1.60. The van der Waals surface area contributed by atoms with Crippen molar-refractivity contribution in [3.63, 3.8) is 0 Å². The number of piperazine rings is 1. The number of esters is 1. The zero-order valence-electron chi connectivity index (χ0n) is 17.3. The Morgan fingerprint density at radius 1 is 1.30 bits per heavy atom. The number of anilines is 1. The molecule has 30 heavy (non-hydrogen) atoms. The maximum Gasteiger partial charge on any atom is 0.322 e. The van der Waals surface area contributed by atoms with E-state index in [-0.39, 0.29) is 31.5 Å². The number of nitrogens with zero attached hydrogens (tertiary/aromatic N) is 2. The number of fused-ring (bicyclic) bond motifs is 1. The van der Waals surface area contributed by atoms with E-state index < -0.39 is 11.9 Å². The third-order valence-electron chi connectivity index (χ3n) is 5.35. The number of hydrogen-bond acceptors (Lipinski definition) is 6. The first-order valence-corrected chi connectivity index (χ1v) is 10.3. The van der Waals surface area contributed by atoms with E-state index in [0.29, 0.717) is 18.5 Å². The van der Waals surface area contributed by atoms with Gasteiger partial charge in [-0.15, -0.1) is 6.42 Å². The summed E-state index contributed by atoms with van der Waals surface area (Å²) in [6.07, 6.45) is 6.05. The predicted octanol–water partition coefficient (Wildman–Crippen LogP) is 0.0232. The fourth-order valence-electron chi connectivity index (χ4n) is 3.68. The van der Waals surface area contributed by atoms with Crippen molar-refractivity contribution in [2.24, 2.45) is 5.92 Å². The molecule has 3 rings (SSSR count). The van der Waals surface area contributed by atoms with Crippen molar-refractivity contribution in [3.05, 3.63) is 29.3 Å². The molecule has 0 spiro atoms. The number of benzene rings is 1. The summed E-state index contributed by atoms with van der Waals surface area (Å²) in [5.74, 6) is 0.445. The fourth-order valence-corrected chi connectivity index (χ4v) is 3.68. The van der Waals surface area contributed by atoms with Crippen LogP contribution >= 0.6 is 0 Å². The highest BCUT2D eigenvalue weighted by atomic mass is 16.5. The van der Waals surface area contributed by atoms with Gasteiger partial charge in [0.05, 0.1) is 13.2 Å². The van der Waals surface area contributed by atoms with Gasteiger partial charge in [0.15, 0.2) is 0 Å². The minimum absolute atomic E-state index is 0.0140. The van der Waals surface area contributed by atoms with Gasteiger partial charge in [0.2, 0.25) is 5.91 Å². The van der Waals surface area contributed by atoms with Crippen LogP contribution in [0.4, 0.5) is 5.69 Å². The number of terminal acetylenes is 1. The summed E-state index contributed by atoms with van der Waals surface area (Å²) in [6, 6.07) is 6.01. The first-order valence-electron chi connectivity index (χ1n) is 10.3. The van der Waals surface area contributed by atoms with Crippen LogP contribution in [0.5, 0.6) is 0 Å². The summed E-state index contributed by atoms with van der Waals surface area (Å²) in [4.78, 5) is 40.9. The Hall–Kier alpha value is -3.05. The summed E-state index contributed by atoms with van der Waals surface area (Å²) < 4.78 is 4.89. The standard InChI is InChI=1S/C22H28N4O4/c1-3-16(22(29)30-4-2)14-24-20(27)15-26-10-7-17-5-6-18(13-19(17)21(26)28)25-11-8-23-9-12-25/h1,5-6,13,16,23H,4,7-12,14-15H2,2H3,(H,24,27)/t16-/m1/s1. The van der Waals surface area contributed by atoms with Gasteiger partial charge in [0, 0.05) is 50.5 Å². The van der Waals surface area contributed by atoms with Crippen LogP contribution < -0.4 is 15.5 Å². The molecule has 0 saturated carbocycles. The van der Waals surface area contributed by atoms with E-state index in [0.717, 1.165) is 37.4 Å². The molecule has 8 nitrogen and oxygen atoms in total. The predicted molar refractivity (Wildman–Crippen MR) is 113 cm³/mol. The van der Waals surface area contributed by atoms with Crippen molar-refractivity contribution in [1.82, 2.24) is 15.5 Å². The average molecular weight is 412 g/mol. The molecule has 0 radical (unpaired) electrons. The Kier molecular flexibility index (Phi) is 7.31. The maximum absolute atomic E-state index is 13.0. The molecule has 2 heterocycles. The number of nitrogens with one attached hydrogen (secondary N) is 2. The van der Waals surface area contributed by atoms with Gasteiger partial charge in [-0.05, 0) is 31.0 Å². The first-order chi connectivity index (χ1) is 14.5. The third-order valence-corrected chi connectivity index (χ3v) is 5.35. The third kappa shape index (κ3) is 5.10. The van der Waals surface area contributed by atoms with Crippen LogP contribution in [-0.4, -0.2) is 75.1 Å². The van der Waals surface area contributed by atoms with Crippen LogP contribution in [0.2, 0.25) is 0 Å². The maximum atomic E-state index is 13.0. The van der Waals surface area contributed by atoms with Gasteiger partial charge >= 0.3 is 5.97 Å². The highest BCUT2D eigenvalue weighted by molar-refractivity contribution is 5.99. The minimum Gasteiger partial charge on any atom is -0.465 e. The molecule has 160 valence electrons. The largest absolute Gasteiger partial charge is 0.465 e. The summed E-state index contributed by atoms with van der Waals surface area (Å²) in [6.45, 7) is 5.94. The molecule has 2 aliphatic rings. The van der Waals surface area contributed by atoms with Crippen molar-refractivity contribution in [2.45, 2.75) is 13.3 Å². The van der Waals surface area contributed by atoms with Gasteiger partial charge in [0.25, 0.3) is 5.91 Å². The summed E-state index contributed by atoms with van der Waals surface area (Å²) >= 11 is 0. The van der Waals surface area contributed by atoms with Crippen LogP contribution in [0.15, 0.2) is 18.2 Å². The molecular weight excluding hydrogens is 384 g/mol. The molecule has 1 saturated heterocycles. The second-order valence-corrected chi connectivity index (χ2v) is 7.33. The Morgan fingerprint density at radius 2 is 2.07 bits per heavy atom. The lowest BCUT2D eigenvalue weighted by Gasteiger charge is -2.32. The molecule has 0 bridgehead atoms. The van der Waals surface area contributed by atoms with Gasteiger partial charge < -0.3 is 25.2 Å².